The summed E-state index contributed by atoms with van der Waals surface area (Å²) in [4.78, 5) is 12.1. The van der Waals surface area contributed by atoms with Crippen LogP contribution < -0.4 is 10.0 Å². The molecule has 30 heavy (non-hydrogen) atoms. The number of phenols is 1. The number of sulfonamides is 1. The molecule has 156 valence electrons. The highest BCUT2D eigenvalue weighted by Crippen LogP contribution is 2.28. The third kappa shape index (κ3) is 5.71. The van der Waals surface area contributed by atoms with Crippen LogP contribution in [-0.2, 0) is 21.2 Å². The molecule has 0 heterocycles. The van der Waals surface area contributed by atoms with Crippen molar-refractivity contribution in [3.63, 3.8) is 0 Å². The second kappa shape index (κ2) is 9.15. The maximum absolute atomic E-state index is 13.2. The zero-order chi connectivity index (χ0) is 21.7. The first-order chi connectivity index (χ1) is 14.2. The molecule has 6 nitrogen and oxygen atoms in total. The number of rotatable bonds is 7. The monoisotopic (exact) mass is 448 g/mol. The maximum Gasteiger partial charge on any atom is 0.261 e. The summed E-state index contributed by atoms with van der Waals surface area (Å²) < 4.78 is 40.8. The van der Waals surface area contributed by atoms with E-state index in [9.17, 15) is 22.7 Å². The standard InChI is InChI=1S/C21H18ClFN2O4S/c22-15-4-2-6-17(12-15)25-30(28,29)18-8-9-20(26)19(13-18)24-21(27)10-7-14-3-1-5-16(23)11-14/h1-6,8-9,11-13,25-26H,7,10H2,(H,24,27). The number of phenolic OH excluding ortho intramolecular Hbond substituents is 1. The highest BCUT2D eigenvalue weighted by atomic mass is 35.5. The fourth-order valence-corrected chi connectivity index (χ4v) is 3.98. The van der Waals surface area contributed by atoms with Crippen LogP contribution in [0.2, 0.25) is 5.02 Å². The first-order valence-electron chi connectivity index (χ1n) is 8.89. The lowest BCUT2D eigenvalue weighted by Crippen LogP contribution is -2.15. The molecule has 0 atom stereocenters. The molecule has 0 bridgehead atoms. The van der Waals surface area contributed by atoms with E-state index in [4.69, 9.17) is 11.6 Å². The van der Waals surface area contributed by atoms with Crippen LogP contribution in [0.25, 0.3) is 0 Å². The molecular formula is C21H18ClFN2O4S. The van der Waals surface area contributed by atoms with E-state index in [1.165, 1.54) is 30.3 Å². The summed E-state index contributed by atoms with van der Waals surface area (Å²) in [7, 11) is -3.98. The van der Waals surface area contributed by atoms with Crippen molar-refractivity contribution in [1.82, 2.24) is 0 Å². The third-order valence-electron chi connectivity index (χ3n) is 4.16. The number of carbonyl (C=O) groups excluding carboxylic acids is 1. The summed E-state index contributed by atoms with van der Waals surface area (Å²) >= 11 is 5.87. The molecule has 3 rings (SSSR count). The van der Waals surface area contributed by atoms with Gasteiger partial charge in [0.1, 0.15) is 11.6 Å². The highest BCUT2D eigenvalue weighted by Gasteiger charge is 2.17. The SMILES string of the molecule is O=C(CCc1cccc(F)c1)Nc1cc(S(=O)(=O)Nc2cccc(Cl)c2)ccc1O. The van der Waals surface area contributed by atoms with Gasteiger partial charge in [0, 0.05) is 11.4 Å². The largest absolute Gasteiger partial charge is 0.506 e. The van der Waals surface area contributed by atoms with Gasteiger partial charge in [-0.25, -0.2) is 12.8 Å². The molecule has 1 amide bonds. The molecule has 0 radical (unpaired) electrons. The Hall–Kier alpha value is -3.10. The van der Waals surface area contributed by atoms with E-state index in [0.717, 1.165) is 6.07 Å². The number of halogens is 2. The van der Waals surface area contributed by atoms with Gasteiger partial charge in [0.05, 0.1) is 16.3 Å². The van der Waals surface area contributed by atoms with Gasteiger partial charge in [-0.05, 0) is 60.5 Å². The van der Waals surface area contributed by atoms with Gasteiger partial charge in [0.2, 0.25) is 5.91 Å². The Labute approximate surface area is 178 Å². The molecule has 0 saturated carbocycles. The summed E-state index contributed by atoms with van der Waals surface area (Å²) in [5.74, 6) is -1.13. The Kier molecular flexibility index (Phi) is 6.59. The minimum Gasteiger partial charge on any atom is -0.506 e. The summed E-state index contributed by atoms with van der Waals surface area (Å²) in [6, 6.07) is 15.6. The predicted octanol–water partition coefficient (Wildman–Crippen LogP) is 4.56. The lowest BCUT2D eigenvalue weighted by atomic mass is 10.1. The fraction of sp³-hybridized carbons (Fsp3) is 0.0952. The normalized spacial score (nSPS) is 11.1. The molecule has 0 aliphatic heterocycles. The Morgan fingerprint density at radius 3 is 2.53 bits per heavy atom. The quantitative estimate of drug-likeness (QED) is 0.462. The van der Waals surface area contributed by atoms with Crippen molar-refractivity contribution < 1.29 is 22.7 Å². The van der Waals surface area contributed by atoms with Crippen LogP contribution in [0.15, 0.2) is 71.6 Å². The van der Waals surface area contributed by atoms with E-state index in [0.29, 0.717) is 17.0 Å². The van der Waals surface area contributed by atoms with Gasteiger partial charge in [-0.15, -0.1) is 0 Å². The van der Waals surface area contributed by atoms with Gasteiger partial charge in [-0.3, -0.25) is 9.52 Å². The number of hydrogen-bond acceptors (Lipinski definition) is 4. The Balaban J connectivity index is 1.71. The number of benzene rings is 3. The molecular weight excluding hydrogens is 431 g/mol. The molecule has 3 N–H and O–H groups in total. The molecule has 0 fully saturated rings. The maximum atomic E-state index is 13.2. The Morgan fingerprint density at radius 2 is 1.80 bits per heavy atom. The summed E-state index contributed by atoms with van der Waals surface area (Å²) in [5.41, 5.74) is 0.876. The Bertz CT molecular complexity index is 1190. The van der Waals surface area contributed by atoms with E-state index in [-0.39, 0.29) is 28.4 Å². The van der Waals surface area contributed by atoms with E-state index in [1.807, 2.05) is 0 Å². The van der Waals surface area contributed by atoms with Gasteiger partial charge < -0.3 is 10.4 Å². The number of anilines is 2. The molecule has 0 aromatic heterocycles. The number of aromatic hydroxyl groups is 1. The average Bonchev–Trinajstić information content (AvgIpc) is 2.68. The van der Waals surface area contributed by atoms with Crippen LogP contribution in [0, 0.1) is 5.82 Å². The van der Waals surface area contributed by atoms with Crippen molar-refractivity contribution in [3.05, 3.63) is 83.1 Å². The molecule has 3 aromatic rings. The number of aryl methyl sites for hydroxylation is 1. The summed E-state index contributed by atoms with van der Waals surface area (Å²) in [5, 5.41) is 12.9. The van der Waals surface area contributed by atoms with Gasteiger partial charge in [-0.2, -0.15) is 0 Å². The molecule has 0 spiro atoms. The number of amides is 1. The van der Waals surface area contributed by atoms with Crippen LogP contribution in [0.1, 0.15) is 12.0 Å². The van der Waals surface area contributed by atoms with Crippen molar-refractivity contribution in [3.8, 4) is 5.75 Å². The van der Waals surface area contributed by atoms with Crippen molar-refractivity contribution in [2.24, 2.45) is 0 Å². The fourth-order valence-electron chi connectivity index (χ4n) is 2.71. The van der Waals surface area contributed by atoms with Crippen LogP contribution >= 0.6 is 11.6 Å². The second-order valence-corrected chi connectivity index (χ2v) is 8.59. The lowest BCUT2D eigenvalue weighted by Gasteiger charge is -2.12. The van der Waals surface area contributed by atoms with E-state index >= 15 is 0 Å². The molecule has 9 heteroatoms. The van der Waals surface area contributed by atoms with Gasteiger partial charge in [0.25, 0.3) is 10.0 Å². The van der Waals surface area contributed by atoms with E-state index in [2.05, 4.69) is 10.0 Å². The summed E-state index contributed by atoms with van der Waals surface area (Å²) in [6.45, 7) is 0. The topological polar surface area (TPSA) is 95.5 Å². The number of carbonyl (C=O) groups is 1. The van der Waals surface area contributed by atoms with Gasteiger partial charge in [0.15, 0.2) is 0 Å². The van der Waals surface area contributed by atoms with Gasteiger partial charge >= 0.3 is 0 Å². The van der Waals surface area contributed by atoms with Crippen molar-refractivity contribution in [1.29, 1.82) is 0 Å². The zero-order valence-electron chi connectivity index (χ0n) is 15.6. The first kappa shape index (κ1) is 21.6. The average molecular weight is 449 g/mol. The zero-order valence-corrected chi connectivity index (χ0v) is 17.2. The van der Waals surface area contributed by atoms with Gasteiger partial charge in [-0.1, -0.05) is 29.8 Å². The van der Waals surface area contributed by atoms with E-state index in [1.54, 1.807) is 30.3 Å². The third-order valence-corrected chi connectivity index (χ3v) is 5.77. The first-order valence-corrected chi connectivity index (χ1v) is 10.7. The molecule has 0 unspecified atom stereocenters. The summed E-state index contributed by atoms with van der Waals surface area (Å²) in [6.07, 6.45) is 0.319. The van der Waals surface area contributed by atoms with Crippen LogP contribution in [-0.4, -0.2) is 19.4 Å². The highest BCUT2D eigenvalue weighted by molar-refractivity contribution is 7.92. The number of nitrogens with one attached hydrogen (secondary N) is 2. The molecule has 0 saturated heterocycles. The van der Waals surface area contributed by atoms with E-state index < -0.39 is 21.7 Å². The number of hydrogen-bond donors (Lipinski definition) is 3. The second-order valence-electron chi connectivity index (χ2n) is 6.47. The Morgan fingerprint density at radius 1 is 1.03 bits per heavy atom. The smallest absolute Gasteiger partial charge is 0.261 e. The van der Waals surface area contributed by atoms with Crippen LogP contribution in [0.3, 0.4) is 0 Å². The van der Waals surface area contributed by atoms with Crippen molar-refractivity contribution in [2.45, 2.75) is 17.7 Å². The molecule has 0 aliphatic rings. The van der Waals surface area contributed by atoms with Crippen LogP contribution in [0.5, 0.6) is 5.75 Å². The minimum absolute atomic E-state index is 0.0284. The lowest BCUT2D eigenvalue weighted by molar-refractivity contribution is -0.116. The predicted molar refractivity (Wildman–Crippen MR) is 114 cm³/mol. The molecule has 3 aromatic carbocycles. The minimum atomic E-state index is -3.98. The van der Waals surface area contributed by atoms with Crippen molar-refractivity contribution in [2.75, 3.05) is 10.0 Å². The van der Waals surface area contributed by atoms with Crippen LogP contribution in [0.4, 0.5) is 15.8 Å². The molecule has 0 aliphatic carbocycles. The van der Waals surface area contributed by atoms with Crippen molar-refractivity contribution >= 4 is 38.9 Å².